The number of methoxy groups -OCH3 is 2. The first kappa shape index (κ1) is 25.2. The highest BCUT2D eigenvalue weighted by Crippen LogP contribution is 2.46. The molecule has 0 radical (unpaired) electrons. The highest BCUT2D eigenvalue weighted by atomic mass is 32.2. The molecule has 0 saturated carbocycles. The van der Waals surface area contributed by atoms with Gasteiger partial charge in [0.15, 0.2) is 11.5 Å². The van der Waals surface area contributed by atoms with Crippen LogP contribution in [0, 0.1) is 0 Å². The molecule has 12 nitrogen and oxygen atoms in total. The van der Waals surface area contributed by atoms with Gasteiger partial charge in [-0.15, -0.1) is 0 Å². The molecule has 0 atom stereocenters. The molecule has 0 unspecified atom stereocenters. The summed E-state index contributed by atoms with van der Waals surface area (Å²) in [5.74, 6) is -2.29. The zero-order chi connectivity index (χ0) is 26.5. The summed E-state index contributed by atoms with van der Waals surface area (Å²) in [5.41, 5.74) is -6.92. The predicted molar refractivity (Wildman–Crippen MR) is 112 cm³/mol. The fourth-order valence-electron chi connectivity index (χ4n) is 3.16. The Hall–Kier alpha value is -3.86. The van der Waals surface area contributed by atoms with Gasteiger partial charge in [0.2, 0.25) is 12.6 Å². The molecule has 0 bridgehead atoms. The molecule has 194 valence electrons. The smallest absolute Gasteiger partial charge is 0.497 e. The van der Waals surface area contributed by atoms with E-state index in [2.05, 4.69) is 8.92 Å². The molecule has 2 heterocycles. The van der Waals surface area contributed by atoms with Crippen LogP contribution in [0.3, 0.4) is 0 Å². The topological polar surface area (TPSA) is 144 Å². The standard InChI is InChI=1S/C19H14F3NO11S2/c1-29-11-4-5-12-15(8-11)35(25,26)23(10-3-6-13-14(7-10)32-9-31-13)17(33-18(24)30-2)16(12)34-36(27,28)19(20,21)22/h3-8H,9H2,1-2H3. The molecule has 0 fully saturated rings. The Morgan fingerprint density at radius 1 is 1.06 bits per heavy atom. The van der Waals surface area contributed by atoms with Gasteiger partial charge in [0.05, 0.1) is 19.9 Å². The normalized spacial score (nSPS) is 16.3. The zero-order valence-corrected chi connectivity index (χ0v) is 19.7. The summed E-state index contributed by atoms with van der Waals surface area (Å²) in [6, 6.07) is 6.50. The van der Waals surface area contributed by atoms with Crippen molar-refractivity contribution in [3.05, 3.63) is 47.8 Å². The highest BCUT2D eigenvalue weighted by molar-refractivity contribution is 7.93. The van der Waals surface area contributed by atoms with Crippen molar-refractivity contribution in [2.45, 2.75) is 10.4 Å². The minimum absolute atomic E-state index is 0.0432. The van der Waals surface area contributed by atoms with Gasteiger partial charge in [0.25, 0.3) is 15.9 Å². The molecule has 0 spiro atoms. The van der Waals surface area contributed by atoms with Gasteiger partial charge >= 0.3 is 21.8 Å². The van der Waals surface area contributed by atoms with Crippen LogP contribution in [-0.4, -0.2) is 49.5 Å². The van der Waals surface area contributed by atoms with Crippen LogP contribution in [-0.2, 0) is 33.8 Å². The van der Waals surface area contributed by atoms with Crippen molar-refractivity contribution < 1.29 is 62.7 Å². The molecule has 2 aromatic rings. The molecular weight excluding hydrogens is 539 g/mol. The molecule has 4 rings (SSSR count). The number of carbonyl (C=O) groups excluding carboxylic acids is 1. The largest absolute Gasteiger partial charge is 0.534 e. The fraction of sp³-hybridized carbons (Fsp3) is 0.211. The number of fused-ring (bicyclic) bond motifs is 2. The minimum Gasteiger partial charge on any atom is -0.497 e. The van der Waals surface area contributed by atoms with Crippen molar-refractivity contribution >= 4 is 37.7 Å². The van der Waals surface area contributed by atoms with Crippen LogP contribution in [0.25, 0.3) is 5.76 Å². The molecule has 2 aromatic carbocycles. The SMILES string of the molecule is COC(=O)OC1=C(OS(=O)(=O)C(F)(F)F)c2ccc(OC)cc2S(=O)(=O)N1c1ccc2c(c1)OCO2. The van der Waals surface area contributed by atoms with Crippen molar-refractivity contribution in [2.24, 2.45) is 0 Å². The average Bonchev–Trinajstić information content (AvgIpc) is 3.28. The van der Waals surface area contributed by atoms with E-state index >= 15 is 0 Å². The molecule has 0 N–H and O–H groups in total. The molecule has 0 aliphatic carbocycles. The van der Waals surface area contributed by atoms with E-state index < -0.39 is 53.9 Å². The molecule has 2 aliphatic rings. The van der Waals surface area contributed by atoms with E-state index in [4.69, 9.17) is 18.9 Å². The summed E-state index contributed by atoms with van der Waals surface area (Å²) >= 11 is 0. The highest BCUT2D eigenvalue weighted by Gasteiger charge is 2.52. The van der Waals surface area contributed by atoms with Crippen molar-refractivity contribution in [3.63, 3.8) is 0 Å². The molecule has 36 heavy (non-hydrogen) atoms. The van der Waals surface area contributed by atoms with Crippen LogP contribution in [0.1, 0.15) is 5.56 Å². The summed E-state index contributed by atoms with van der Waals surface area (Å²) in [5, 5.41) is 0. The second kappa shape index (κ2) is 8.66. The van der Waals surface area contributed by atoms with E-state index in [0.717, 1.165) is 37.4 Å². The van der Waals surface area contributed by atoms with Gasteiger partial charge in [-0.25, -0.2) is 13.2 Å². The Bertz CT molecular complexity index is 1480. The van der Waals surface area contributed by atoms with E-state index in [0.29, 0.717) is 0 Å². The molecule has 2 aliphatic heterocycles. The first-order valence-corrected chi connectivity index (χ1v) is 12.3. The molecule has 0 amide bonds. The lowest BCUT2D eigenvalue weighted by Gasteiger charge is -2.32. The number of anilines is 1. The van der Waals surface area contributed by atoms with Crippen molar-refractivity contribution in [3.8, 4) is 17.2 Å². The quantitative estimate of drug-likeness (QED) is 0.306. The van der Waals surface area contributed by atoms with Crippen LogP contribution < -0.4 is 18.5 Å². The van der Waals surface area contributed by atoms with E-state index in [1.54, 1.807) is 0 Å². The van der Waals surface area contributed by atoms with Gasteiger partial charge in [-0.2, -0.15) is 25.9 Å². The lowest BCUT2D eigenvalue weighted by molar-refractivity contribution is -0.0510. The van der Waals surface area contributed by atoms with E-state index in [1.165, 1.54) is 13.2 Å². The van der Waals surface area contributed by atoms with Crippen molar-refractivity contribution in [2.75, 3.05) is 25.3 Å². The summed E-state index contributed by atoms with van der Waals surface area (Å²) in [7, 11) is -9.15. The van der Waals surface area contributed by atoms with Crippen LogP contribution >= 0.6 is 0 Å². The summed E-state index contributed by atoms with van der Waals surface area (Å²) in [6.45, 7) is -0.203. The maximum absolute atomic E-state index is 13.7. The first-order chi connectivity index (χ1) is 16.8. The second-order valence-electron chi connectivity index (χ2n) is 6.84. The van der Waals surface area contributed by atoms with E-state index in [9.17, 15) is 34.8 Å². The lowest BCUT2D eigenvalue weighted by Crippen LogP contribution is -2.38. The maximum atomic E-state index is 13.7. The van der Waals surface area contributed by atoms with Gasteiger partial charge in [0, 0.05) is 17.7 Å². The molecular formula is C19H14F3NO11S2. The monoisotopic (exact) mass is 553 g/mol. The third kappa shape index (κ3) is 4.19. The molecule has 0 aromatic heterocycles. The third-order valence-electron chi connectivity index (χ3n) is 4.74. The maximum Gasteiger partial charge on any atom is 0.534 e. The number of hydrogen-bond acceptors (Lipinski definition) is 11. The summed E-state index contributed by atoms with van der Waals surface area (Å²) in [4.78, 5) is 11.3. The molecule has 17 heteroatoms. The van der Waals surface area contributed by atoms with Crippen molar-refractivity contribution in [1.29, 1.82) is 0 Å². The molecule has 0 saturated heterocycles. The Morgan fingerprint density at radius 2 is 1.75 bits per heavy atom. The van der Waals surface area contributed by atoms with Crippen LogP contribution in [0.5, 0.6) is 17.2 Å². The van der Waals surface area contributed by atoms with E-state index in [-0.39, 0.29) is 34.0 Å². The minimum atomic E-state index is -6.37. The predicted octanol–water partition coefficient (Wildman–Crippen LogP) is 2.91. The van der Waals surface area contributed by atoms with Gasteiger partial charge < -0.3 is 27.9 Å². The number of halogens is 3. The van der Waals surface area contributed by atoms with Crippen LogP contribution in [0.4, 0.5) is 23.7 Å². The summed E-state index contributed by atoms with van der Waals surface area (Å²) < 4.78 is 120. The van der Waals surface area contributed by atoms with Gasteiger partial charge in [-0.1, -0.05) is 0 Å². The Kier molecular flexibility index (Phi) is 6.07. The average molecular weight is 553 g/mol. The second-order valence-corrected chi connectivity index (χ2v) is 10.1. The summed E-state index contributed by atoms with van der Waals surface area (Å²) in [6.07, 6.45) is -1.59. The van der Waals surface area contributed by atoms with Gasteiger partial charge in [0.1, 0.15) is 10.6 Å². The number of rotatable bonds is 5. The Balaban J connectivity index is 2.06. The number of alkyl halides is 3. The van der Waals surface area contributed by atoms with Crippen LogP contribution in [0.2, 0.25) is 0 Å². The number of carbonyl (C=O) groups is 1. The van der Waals surface area contributed by atoms with Gasteiger partial charge in [-0.05, 0) is 24.3 Å². The Morgan fingerprint density at radius 3 is 2.39 bits per heavy atom. The lowest BCUT2D eigenvalue weighted by atomic mass is 10.1. The zero-order valence-electron chi connectivity index (χ0n) is 18.1. The first-order valence-electron chi connectivity index (χ1n) is 9.44. The van der Waals surface area contributed by atoms with Crippen LogP contribution in [0.15, 0.2) is 47.2 Å². The Labute approximate surface area is 201 Å². The van der Waals surface area contributed by atoms with Gasteiger partial charge in [-0.3, -0.25) is 0 Å². The fourth-order valence-corrected chi connectivity index (χ4v) is 5.26. The van der Waals surface area contributed by atoms with E-state index in [1.807, 2.05) is 0 Å². The van der Waals surface area contributed by atoms with Crippen molar-refractivity contribution in [1.82, 2.24) is 0 Å². The number of hydrogen-bond donors (Lipinski definition) is 0. The number of nitrogens with zero attached hydrogens (tertiary/aromatic N) is 1. The number of ether oxygens (including phenoxy) is 5. The number of benzene rings is 2. The third-order valence-corrected chi connectivity index (χ3v) is 7.45. The number of sulfonamides is 1.